The summed E-state index contributed by atoms with van der Waals surface area (Å²) in [6.07, 6.45) is 2.91. The van der Waals surface area contributed by atoms with E-state index >= 15 is 0 Å². The Labute approximate surface area is 78.8 Å². The normalized spacial score (nSPS) is 10.3. The lowest BCUT2D eigenvalue weighted by Crippen LogP contribution is -1.98. The van der Waals surface area contributed by atoms with Gasteiger partial charge in [0, 0.05) is 17.8 Å². The van der Waals surface area contributed by atoms with Gasteiger partial charge >= 0.3 is 0 Å². The fraction of sp³-hybridized carbons (Fsp3) is 0.500. The van der Waals surface area contributed by atoms with Crippen molar-refractivity contribution in [3.8, 4) is 0 Å². The van der Waals surface area contributed by atoms with Crippen molar-refractivity contribution >= 4 is 11.6 Å². The summed E-state index contributed by atoms with van der Waals surface area (Å²) >= 11 is 5.77. The van der Waals surface area contributed by atoms with Crippen molar-refractivity contribution in [2.45, 2.75) is 33.1 Å². The van der Waals surface area contributed by atoms with Gasteiger partial charge < -0.3 is 0 Å². The Kier molecular flexibility index (Phi) is 3.10. The zero-order valence-electron chi connectivity index (χ0n) is 7.82. The second kappa shape index (κ2) is 3.90. The molecule has 0 bridgehead atoms. The van der Waals surface area contributed by atoms with Crippen LogP contribution in [0.1, 0.15) is 29.3 Å². The molecule has 0 aliphatic carbocycles. The van der Waals surface area contributed by atoms with Gasteiger partial charge in [-0.3, -0.25) is 4.98 Å². The first-order valence-electron chi connectivity index (χ1n) is 4.20. The number of aryl methyl sites for hydroxylation is 1. The van der Waals surface area contributed by atoms with Crippen molar-refractivity contribution in [2.24, 2.45) is 0 Å². The summed E-state index contributed by atoms with van der Waals surface area (Å²) in [4.78, 5) is 4.30. The molecule has 1 aromatic heterocycles. The number of rotatable bonds is 2. The van der Waals surface area contributed by atoms with Crippen LogP contribution < -0.4 is 0 Å². The Morgan fingerprint density at radius 3 is 2.58 bits per heavy atom. The van der Waals surface area contributed by atoms with Crippen LogP contribution in [0.15, 0.2) is 6.20 Å². The summed E-state index contributed by atoms with van der Waals surface area (Å²) in [5.74, 6) is 0.562. The Morgan fingerprint density at radius 1 is 1.42 bits per heavy atom. The monoisotopic (exact) mass is 183 g/mol. The van der Waals surface area contributed by atoms with Crippen molar-refractivity contribution in [1.82, 2.24) is 4.98 Å². The molecule has 0 fully saturated rings. The number of hydrogen-bond donors (Lipinski definition) is 0. The van der Waals surface area contributed by atoms with Crippen LogP contribution in [0.3, 0.4) is 0 Å². The Morgan fingerprint density at radius 2 is 2.08 bits per heavy atom. The summed E-state index contributed by atoms with van der Waals surface area (Å²) in [5, 5.41) is 0. The molecule has 12 heavy (non-hydrogen) atoms. The molecular weight excluding hydrogens is 170 g/mol. The second-order valence-corrected chi connectivity index (χ2v) is 3.23. The minimum Gasteiger partial charge on any atom is -0.261 e. The van der Waals surface area contributed by atoms with Crippen LogP contribution >= 0.6 is 11.6 Å². The van der Waals surface area contributed by atoms with E-state index < -0.39 is 0 Å². The van der Waals surface area contributed by atoms with Crippen molar-refractivity contribution in [2.75, 3.05) is 0 Å². The van der Waals surface area contributed by atoms with E-state index in [2.05, 4.69) is 18.8 Å². The lowest BCUT2D eigenvalue weighted by atomic mass is 10.0. The van der Waals surface area contributed by atoms with E-state index in [0.717, 1.165) is 17.7 Å². The molecule has 0 aliphatic rings. The van der Waals surface area contributed by atoms with Gasteiger partial charge in [0.25, 0.3) is 0 Å². The molecule has 0 aliphatic heterocycles. The second-order valence-electron chi connectivity index (χ2n) is 2.96. The highest BCUT2D eigenvalue weighted by molar-refractivity contribution is 6.17. The summed E-state index contributed by atoms with van der Waals surface area (Å²) in [6.45, 7) is 6.31. The molecule has 2 heteroatoms. The van der Waals surface area contributed by atoms with Crippen molar-refractivity contribution < 1.29 is 0 Å². The van der Waals surface area contributed by atoms with Gasteiger partial charge in [0.1, 0.15) is 0 Å². The van der Waals surface area contributed by atoms with Gasteiger partial charge in [0.2, 0.25) is 0 Å². The minimum absolute atomic E-state index is 0.562. The van der Waals surface area contributed by atoms with Crippen LogP contribution in [0.5, 0.6) is 0 Å². The van der Waals surface area contributed by atoms with Gasteiger partial charge in [-0.25, -0.2) is 0 Å². The smallest absolute Gasteiger partial charge is 0.0492 e. The molecule has 0 spiro atoms. The highest BCUT2D eigenvalue weighted by Gasteiger charge is 2.05. The quantitative estimate of drug-likeness (QED) is 0.643. The molecule has 0 N–H and O–H groups in total. The van der Waals surface area contributed by atoms with Crippen LogP contribution in [0, 0.1) is 13.8 Å². The van der Waals surface area contributed by atoms with E-state index in [1.54, 1.807) is 0 Å². The maximum atomic E-state index is 5.77. The van der Waals surface area contributed by atoms with Gasteiger partial charge in [0.15, 0.2) is 0 Å². The zero-order chi connectivity index (χ0) is 9.14. The Hall–Kier alpha value is -0.560. The van der Waals surface area contributed by atoms with E-state index in [1.165, 1.54) is 11.1 Å². The molecule has 1 aromatic rings. The summed E-state index contributed by atoms with van der Waals surface area (Å²) in [5.41, 5.74) is 4.93. The first-order valence-corrected chi connectivity index (χ1v) is 4.74. The van der Waals surface area contributed by atoms with Crippen molar-refractivity contribution in [1.29, 1.82) is 0 Å². The van der Waals surface area contributed by atoms with Crippen molar-refractivity contribution in [3.05, 3.63) is 28.6 Å². The SMILES string of the molecule is CCc1c(C)ncc(CCl)c1C. The number of nitrogens with zero attached hydrogens (tertiary/aromatic N) is 1. The molecule has 0 radical (unpaired) electrons. The molecular formula is C10H14ClN. The van der Waals surface area contributed by atoms with Gasteiger partial charge in [-0.15, -0.1) is 11.6 Å². The first kappa shape index (κ1) is 9.53. The predicted octanol–water partition coefficient (Wildman–Crippen LogP) is 3.00. The van der Waals surface area contributed by atoms with Crippen LogP contribution in [0.4, 0.5) is 0 Å². The Balaban J connectivity index is 3.24. The number of halogens is 1. The first-order chi connectivity index (χ1) is 5.70. The molecule has 1 nitrogen and oxygen atoms in total. The molecule has 0 atom stereocenters. The fourth-order valence-corrected chi connectivity index (χ4v) is 1.74. The lowest BCUT2D eigenvalue weighted by molar-refractivity contribution is 1.00. The van der Waals surface area contributed by atoms with Gasteiger partial charge in [0.05, 0.1) is 0 Å². The summed E-state index contributed by atoms with van der Waals surface area (Å²) < 4.78 is 0. The maximum Gasteiger partial charge on any atom is 0.0492 e. The Bertz CT molecular complexity index is 281. The lowest BCUT2D eigenvalue weighted by Gasteiger charge is -2.09. The van der Waals surface area contributed by atoms with Crippen LogP contribution in [0.25, 0.3) is 0 Å². The molecule has 66 valence electrons. The topological polar surface area (TPSA) is 12.9 Å². The van der Waals surface area contributed by atoms with Crippen LogP contribution in [-0.4, -0.2) is 4.98 Å². The predicted molar refractivity (Wildman–Crippen MR) is 52.6 cm³/mol. The third-order valence-corrected chi connectivity index (χ3v) is 2.57. The summed E-state index contributed by atoms with van der Waals surface area (Å²) in [6, 6.07) is 0. The highest BCUT2D eigenvalue weighted by Crippen LogP contribution is 2.17. The van der Waals surface area contributed by atoms with E-state index in [-0.39, 0.29) is 0 Å². The number of aromatic nitrogens is 1. The third-order valence-electron chi connectivity index (χ3n) is 2.28. The van der Waals surface area contributed by atoms with Crippen LogP contribution in [-0.2, 0) is 12.3 Å². The van der Waals surface area contributed by atoms with Crippen LogP contribution in [0.2, 0.25) is 0 Å². The van der Waals surface area contributed by atoms with E-state index in [0.29, 0.717) is 5.88 Å². The zero-order valence-corrected chi connectivity index (χ0v) is 8.57. The minimum atomic E-state index is 0.562. The molecule has 0 unspecified atom stereocenters. The number of pyridine rings is 1. The molecule has 0 aromatic carbocycles. The highest BCUT2D eigenvalue weighted by atomic mass is 35.5. The third kappa shape index (κ3) is 1.61. The molecule has 1 heterocycles. The van der Waals surface area contributed by atoms with Gasteiger partial charge in [-0.2, -0.15) is 0 Å². The summed E-state index contributed by atoms with van der Waals surface area (Å²) in [7, 11) is 0. The van der Waals surface area contributed by atoms with Gasteiger partial charge in [-0.1, -0.05) is 6.92 Å². The standard InChI is InChI=1S/C10H14ClN/c1-4-10-7(2)9(5-11)6-12-8(10)3/h6H,4-5H2,1-3H3. The van der Waals surface area contributed by atoms with E-state index in [1.807, 2.05) is 13.1 Å². The molecule has 0 amide bonds. The molecule has 1 rings (SSSR count). The number of hydrogen-bond acceptors (Lipinski definition) is 1. The van der Waals surface area contributed by atoms with Crippen molar-refractivity contribution in [3.63, 3.8) is 0 Å². The molecule has 0 saturated heterocycles. The maximum absolute atomic E-state index is 5.77. The fourth-order valence-electron chi connectivity index (χ4n) is 1.47. The largest absolute Gasteiger partial charge is 0.261 e. The van der Waals surface area contributed by atoms with E-state index in [4.69, 9.17) is 11.6 Å². The average molecular weight is 184 g/mol. The average Bonchev–Trinajstić information content (AvgIpc) is 2.06. The van der Waals surface area contributed by atoms with E-state index in [9.17, 15) is 0 Å². The molecule has 0 saturated carbocycles. The van der Waals surface area contributed by atoms with Gasteiger partial charge in [-0.05, 0) is 37.0 Å². The number of alkyl halides is 1.